The van der Waals surface area contributed by atoms with Gasteiger partial charge in [0.2, 0.25) is 5.91 Å². The standard InChI is InChI=1S/C12H12F2N2OS/c1-2-3-10(15)11(17)16-8-4-6-9(7-5-8)18-12(13)14/h1,4-7,10,12H,3,15H2,(H,16,17). The molecule has 6 heteroatoms. The molecule has 0 bridgehead atoms. The first kappa shape index (κ1) is 14.5. The highest BCUT2D eigenvalue weighted by Gasteiger charge is 2.12. The van der Waals surface area contributed by atoms with Crippen LogP contribution in [-0.4, -0.2) is 17.7 Å². The molecular formula is C12H12F2N2OS. The van der Waals surface area contributed by atoms with Gasteiger partial charge in [-0.1, -0.05) is 11.8 Å². The Morgan fingerprint density at radius 2 is 2.06 bits per heavy atom. The minimum Gasteiger partial charge on any atom is -0.325 e. The van der Waals surface area contributed by atoms with Crippen LogP contribution in [0.4, 0.5) is 14.5 Å². The maximum absolute atomic E-state index is 12.1. The number of halogens is 2. The van der Waals surface area contributed by atoms with Crippen molar-refractivity contribution >= 4 is 23.4 Å². The number of carbonyl (C=O) groups is 1. The van der Waals surface area contributed by atoms with Gasteiger partial charge in [-0.3, -0.25) is 4.79 Å². The smallest absolute Gasteiger partial charge is 0.288 e. The molecule has 1 aromatic rings. The lowest BCUT2D eigenvalue weighted by molar-refractivity contribution is -0.117. The number of hydrogen-bond acceptors (Lipinski definition) is 3. The van der Waals surface area contributed by atoms with Gasteiger partial charge in [-0.25, -0.2) is 0 Å². The van der Waals surface area contributed by atoms with Crippen LogP contribution in [0.1, 0.15) is 6.42 Å². The van der Waals surface area contributed by atoms with Crippen LogP contribution in [-0.2, 0) is 4.79 Å². The van der Waals surface area contributed by atoms with E-state index in [1.54, 1.807) is 0 Å². The predicted molar refractivity (Wildman–Crippen MR) is 68.4 cm³/mol. The van der Waals surface area contributed by atoms with Gasteiger partial charge in [-0.2, -0.15) is 8.78 Å². The Bertz CT molecular complexity index is 442. The quantitative estimate of drug-likeness (QED) is 0.637. The summed E-state index contributed by atoms with van der Waals surface area (Å²) < 4.78 is 24.2. The molecule has 0 aliphatic carbocycles. The second-order valence-corrected chi connectivity index (χ2v) is 4.47. The molecule has 0 heterocycles. The second kappa shape index (κ2) is 6.99. The average Bonchev–Trinajstić information content (AvgIpc) is 2.31. The number of nitrogens with one attached hydrogen (secondary N) is 1. The van der Waals surface area contributed by atoms with Gasteiger partial charge in [-0.15, -0.1) is 12.3 Å². The van der Waals surface area contributed by atoms with E-state index in [2.05, 4.69) is 11.2 Å². The van der Waals surface area contributed by atoms with E-state index < -0.39 is 17.7 Å². The van der Waals surface area contributed by atoms with Crippen molar-refractivity contribution in [3.05, 3.63) is 24.3 Å². The van der Waals surface area contributed by atoms with Crippen LogP contribution >= 0.6 is 11.8 Å². The van der Waals surface area contributed by atoms with Crippen molar-refractivity contribution in [1.82, 2.24) is 0 Å². The summed E-state index contributed by atoms with van der Waals surface area (Å²) in [6.07, 6.45) is 5.19. The molecule has 18 heavy (non-hydrogen) atoms. The van der Waals surface area contributed by atoms with Gasteiger partial charge in [0.15, 0.2) is 0 Å². The molecule has 1 atom stereocenters. The lowest BCUT2D eigenvalue weighted by Crippen LogP contribution is -2.35. The van der Waals surface area contributed by atoms with E-state index in [-0.39, 0.29) is 6.42 Å². The number of anilines is 1. The summed E-state index contributed by atoms with van der Waals surface area (Å²) in [4.78, 5) is 11.9. The van der Waals surface area contributed by atoms with Crippen LogP contribution in [0, 0.1) is 12.3 Å². The number of alkyl halides is 2. The van der Waals surface area contributed by atoms with Crippen molar-refractivity contribution < 1.29 is 13.6 Å². The zero-order valence-electron chi connectivity index (χ0n) is 9.40. The Hall–Kier alpha value is -1.58. The van der Waals surface area contributed by atoms with Crippen molar-refractivity contribution in [2.75, 3.05) is 5.32 Å². The SMILES string of the molecule is C#CCC(N)C(=O)Nc1ccc(SC(F)F)cc1. The number of rotatable bonds is 5. The highest BCUT2D eigenvalue weighted by atomic mass is 32.2. The van der Waals surface area contributed by atoms with Gasteiger partial charge >= 0.3 is 0 Å². The fraction of sp³-hybridized carbons (Fsp3) is 0.250. The highest BCUT2D eigenvalue weighted by Crippen LogP contribution is 2.26. The van der Waals surface area contributed by atoms with Gasteiger partial charge in [0.1, 0.15) is 0 Å². The van der Waals surface area contributed by atoms with E-state index in [0.717, 1.165) is 0 Å². The molecule has 1 unspecified atom stereocenters. The van der Waals surface area contributed by atoms with Crippen LogP contribution in [0.5, 0.6) is 0 Å². The van der Waals surface area contributed by atoms with Crippen molar-refractivity contribution in [3.8, 4) is 12.3 Å². The van der Waals surface area contributed by atoms with Crippen molar-refractivity contribution in [2.45, 2.75) is 23.1 Å². The zero-order valence-corrected chi connectivity index (χ0v) is 10.2. The van der Waals surface area contributed by atoms with Crippen LogP contribution in [0.15, 0.2) is 29.2 Å². The third-order valence-electron chi connectivity index (χ3n) is 2.02. The van der Waals surface area contributed by atoms with E-state index >= 15 is 0 Å². The summed E-state index contributed by atoms with van der Waals surface area (Å²) in [5.74, 6) is -0.572. The lowest BCUT2D eigenvalue weighted by Gasteiger charge is -2.10. The molecule has 0 radical (unpaired) electrons. The lowest BCUT2D eigenvalue weighted by atomic mass is 10.2. The Labute approximate surface area is 108 Å². The maximum Gasteiger partial charge on any atom is 0.288 e. The Kier molecular flexibility index (Phi) is 5.62. The van der Waals surface area contributed by atoms with E-state index in [9.17, 15) is 13.6 Å². The topological polar surface area (TPSA) is 55.1 Å². The molecule has 96 valence electrons. The first-order chi connectivity index (χ1) is 8.52. The van der Waals surface area contributed by atoms with E-state index in [4.69, 9.17) is 12.2 Å². The molecular weight excluding hydrogens is 258 g/mol. The van der Waals surface area contributed by atoms with Gasteiger partial charge in [-0.05, 0) is 24.3 Å². The normalized spacial score (nSPS) is 11.9. The largest absolute Gasteiger partial charge is 0.325 e. The Morgan fingerprint density at radius 1 is 1.44 bits per heavy atom. The molecule has 1 amide bonds. The summed E-state index contributed by atoms with van der Waals surface area (Å²) in [6, 6.07) is 5.29. The van der Waals surface area contributed by atoms with E-state index in [1.165, 1.54) is 24.3 Å². The first-order valence-electron chi connectivity index (χ1n) is 5.07. The third kappa shape index (κ3) is 4.73. The summed E-state index contributed by atoms with van der Waals surface area (Å²) >= 11 is 0.443. The Morgan fingerprint density at radius 3 is 2.56 bits per heavy atom. The first-order valence-corrected chi connectivity index (χ1v) is 5.95. The maximum atomic E-state index is 12.1. The number of carbonyl (C=O) groups excluding carboxylic acids is 1. The van der Waals surface area contributed by atoms with E-state index in [0.29, 0.717) is 22.3 Å². The van der Waals surface area contributed by atoms with Gasteiger partial charge in [0.05, 0.1) is 6.04 Å². The number of benzene rings is 1. The molecule has 0 spiro atoms. The summed E-state index contributed by atoms with van der Waals surface area (Å²) in [5, 5.41) is 2.55. The van der Waals surface area contributed by atoms with E-state index in [1.807, 2.05) is 0 Å². The molecule has 0 fully saturated rings. The van der Waals surface area contributed by atoms with Crippen LogP contribution in [0.3, 0.4) is 0 Å². The number of hydrogen-bond donors (Lipinski definition) is 2. The fourth-order valence-corrected chi connectivity index (χ4v) is 1.67. The highest BCUT2D eigenvalue weighted by molar-refractivity contribution is 7.99. The Balaban J connectivity index is 2.58. The fourth-order valence-electron chi connectivity index (χ4n) is 1.17. The van der Waals surface area contributed by atoms with Gasteiger partial charge in [0.25, 0.3) is 5.76 Å². The van der Waals surface area contributed by atoms with Crippen molar-refractivity contribution in [3.63, 3.8) is 0 Å². The minimum absolute atomic E-state index is 0.144. The summed E-state index contributed by atoms with van der Waals surface area (Å²) in [7, 11) is 0. The number of amides is 1. The molecule has 1 rings (SSSR count). The van der Waals surface area contributed by atoms with Gasteiger partial charge < -0.3 is 11.1 Å². The van der Waals surface area contributed by atoms with Crippen molar-refractivity contribution in [2.24, 2.45) is 5.73 Å². The van der Waals surface area contributed by atoms with Gasteiger partial charge in [0, 0.05) is 17.0 Å². The molecule has 3 N–H and O–H groups in total. The number of thioether (sulfide) groups is 1. The van der Waals surface area contributed by atoms with Crippen LogP contribution < -0.4 is 11.1 Å². The average molecular weight is 270 g/mol. The molecule has 3 nitrogen and oxygen atoms in total. The number of terminal acetylenes is 1. The molecule has 0 aliphatic heterocycles. The molecule has 0 aliphatic rings. The molecule has 0 saturated carbocycles. The monoisotopic (exact) mass is 270 g/mol. The molecule has 0 aromatic heterocycles. The molecule has 1 aromatic carbocycles. The zero-order chi connectivity index (χ0) is 13.5. The molecule has 0 saturated heterocycles. The second-order valence-electron chi connectivity index (χ2n) is 3.41. The minimum atomic E-state index is -2.46. The van der Waals surface area contributed by atoms with Crippen molar-refractivity contribution in [1.29, 1.82) is 0 Å². The summed E-state index contributed by atoms with van der Waals surface area (Å²) in [6.45, 7) is 0. The number of nitrogens with two attached hydrogens (primary N) is 1. The summed E-state index contributed by atoms with van der Waals surface area (Å²) in [5.41, 5.74) is 6.01. The van der Waals surface area contributed by atoms with Crippen LogP contribution in [0.2, 0.25) is 0 Å². The van der Waals surface area contributed by atoms with Crippen LogP contribution in [0.25, 0.3) is 0 Å². The predicted octanol–water partition coefficient (Wildman–Crippen LogP) is 2.29. The third-order valence-corrected chi connectivity index (χ3v) is 2.74.